The Hall–Kier alpha value is -2.80. The van der Waals surface area contributed by atoms with Gasteiger partial charge < -0.3 is 4.74 Å². The van der Waals surface area contributed by atoms with E-state index >= 15 is 0 Å². The minimum atomic E-state index is -0.0557. The predicted molar refractivity (Wildman–Crippen MR) is 143 cm³/mol. The van der Waals surface area contributed by atoms with Crippen LogP contribution in [0.25, 0.3) is 21.5 Å². The first-order valence-corrected chi connectivity index (χ1v) is 12.2. The summed E-state index contributed by atoms with van der Waals surface area (Å²) in [5.41, 5.74) is 3.16. The Labute approximate surface area is 199 Å². The van der Waals surface area contributed by atoms with Crippen molar-refractivity contribution in [3.8, 4) is 5.75 Å². The molecular formula is C32H38O. The number of fused-ring (bicyclic) bond motifs is 2. The predicted octanol–water partition coefficient (Wildman–Crippen LogP) is 9.70. The first-order chi connectivity index (χ1) is 15.5. The smallest absolute Gasteiger partial charge is 0.122 e. The minimum Gasteiger partial charge on any atom is -0.486 e. The van der Waals surface area contributed by atoms with Crippen LogP contribution < -0.4 is 4.74 Å². The molecule has 0 spiro atoms. The number of hydrogen-bond acceptors (Lipinski definition) is 1. The van der Waals surface area contributed by atoms with Gasteiger partial charge in [-0.2, -0.15) is 0 Å². The van der Waals surface area contributed by atoms with Crippen molar-refractivity contribution in [2.45, 2.75) is 66.9 Å². The van der Waals surface area contributed by atoms with E-state index in [4.69, 9.17) is 4.74 Å². The quantitative estimate of drug-likeness (QED) is 0.282. The summed E-state index contributed by atoms with van der Waals surface area (Å²) in [5.74, 6) is 1.43. The highest BCUT2D eigenvalue weighted by Gasteiger charge is 2.30. The second-order valence-corrected chi connectivity index (χ2v) is 11.7. The van der Waals surface area contributed by atoms with Crippen molar-refractivity contribution in [2.24, 2.45) is 10.8 Å². The van der Waals surface area contributed by atoms with Gasteiger partial charge in [0.05, 0.1) is 0 Å². The topological polar surface area (TPSA) is 9.23 Å². The first kappa shape index (κ1) is 23.4. The second kappa shape index (κ2) is 8.86. The average Bonchev–Trinajstić information content (AvgIpc) is 2.75. The number of rotatable bonds is 5. The molecule has 0 aliphatic rings. The summed E-state index contributed by atoms with van der Waals surface area (Å²) in [6.45, 7) is 16.2. The maximum absolute atomic E-state index is 6.54. The van der Waals surface area contributed by atoms with Gasteiger partial charge in [0.1, 0.15) is 11.9 Å². The molecule has 0 aliphatic heterocycles. The lowest BCUT2D eigenvalue weighted by atomic mass is 9.69. The van der Waals surface area contributed by atoms with E-state index in [0.29, 0.717) is 5.92 Å². The van der Waals surface area contributed by atoms with Crippen LogP contribution in [0.4, 0.5) is 0 Å². The Morgan fingerprint density at radius 3 is 1.70 bits per heavy atom. The van der Waals surface area contributed by atoms with E-state index in [9.17, 15) is 0 Å². The zero-order valence-corrected chi connectivity index (χ0v) is 21.3. The standard InChI is InChI=1S/C32H38O/c1-22(30-27-14-10-8-12-24(27)20-25-13-9-11-15-28(25)30)33-26-18-16-23(17-19-26)29(32(5,6)7)21-31(2,3)4/h8-20,22,29H,21H2,1-7H3. The lowest BCUT2D eigenvalue weighted by Crippen LogP contribution is -2.23. The normalized spacial score (nSPS) is 14.4. The molecule has 0 radical (unpaired) electrons. The van der Waals surface area contributed by atoms with Crippen molar-refractivity contribution in [1.82, 2.24) is 0 Å². The van der Waals surface area contributed by atoms with Gasteiger partial charge in [-0.3, -0.25) is 0 Å². The molecule has 4 aromatic rings. The van der Waals surface area contributed by atoms with Gasteiger partial charge in [0.2, 0.25) is 0 Å². The monoisotopic (exact) mass is 438 g/mol. The average molecular weight is 439 g/mol. The number of hydrogen-bond donors (Lipinski definition) is 0. The van der Waals surface area contributed by atoms with Gasteiger partial charge >= 0.3 is 0 Å². The molecule has 2 unspecified atom stereocenters. The molecule has 0 saturated carbocycles. The summed E-state index contributed by atoms with van der Waals surface area (Å²) in [6, 6.07) is 28.4. The Balaban J connectivity index is 1.66. The van der Waals surface area contributed by atoms with Gasteiger partial charge in [-0.05, 0) is 75.4 Å². The van der Waals surface area contributed by atoms with E-state index in [2.05, 4.69) is 127 Å². The van der Waals surface area contributed by atoms with E-state index in [-0.39, 0.29) is 16.9 Å². The Morgan fingerprint density at radius 1 is 0.697 bits per heavy atom. The van der Waals surface area contributed by atoms with Crippen molar-refractivity contribution in [3.05, 3.63) is 90.0 Å². The fraction of sp³-hybridized carbons (Fsp3) is 0.375. The molecule has 0 saturated heterocycles. The van der Waals surface area contributed by atoms with Crippen LogP contribution in [0.2, 0.25) is 0 Å². The second-order valence-electron chi connectivity index (χ2n) is 11.7. The molecule has 0 aromatic heterocycles. The third kappa shape index (κ3) is 5.24. The third-order valence-electron chi connectivity index (χ3n) is 6.68. The summed E-state index contributed by atoms with van der Waals surface area (Å²) in [5, 5.41) is 5.04. The fourth-order valence-corrected chi connectivity index (χ4v) is 5.07. The van der Waals surface area contributed by atoms with Gasteiger partial charge in [0.15, 0.2) is 0 Å². The van der Waals surface area contributed by atoms with Gasteiger partial charge in [0, 0.05) is 5.56 Å². The molecule has 1 heteroatoms. The molecule has 1 nitrogen and oxygen atoms in total. The number of ether oxygens (including phenoxy) is 1. The van der Waals surface area contributed by atoms with Crippen molar-refractivity contribution in [3.63, 3.8) is 0 Å². The highest BCUT2D eigenvalue weighted by Crippen LogP contribution is 2.43. The Kier molecular flexibility index (Phi) is 6.27. The SMILES string of the molecule is CC(Oc1ccc(C(CC(C)(C)C)C(C)(C)C)cc1)c1c2ccccc2cc2ccccc12. The summed E-state index contributed by atoms with van der Waals surface area (Å²) in [4.78, 5) is 0. The van der Waals surface area contributed by atoms with Crippen LogP contribution in [0.5, 0.6) is 5.75 Å². The van der Waals surface area contributed by atoms with Crippen molar-refractivity contribution >= 4 is 21.5 Å². The molecule has 0 amide bonds. The summed E-state index contributed by atoms with van der Waals surface area (Å²) >= 11 is 0. The van der Waals surface area contributed by atoms with E-state index < -0.39 is 0 Å². The maximum atomic E-state index is 6.54. The number of benzene rings is 4. The highest BCUT2D eigenvalue weighted by atomic mass is 16.5. The van der Waals surface area contributed by atoms with Gasteiger partial charge in [-0.1, -0.05) is 102 Å². The van der Waals surface area contributed by atoms with Crippen LogP contribution in [-0.2, 0) is 0 Å². The molecule has 0 fully saturated rings. The molecular weight excluding hydrogens is 400 g/mol. The largest absolute Gasteiger partial charge is 0.486 e. The zero-order valence-electron chi connectivity index (χ0n) is 21.3. The highest BCUT2D eigenvalue weighted by molar-refractivity contribution is 6.02. The summed E-state index contributed by atoms with van der Waals surface area (Å²) < 4.78 is 6.54. The van der Waals surface area contributed by atoms with Crippen LogP contribution in [0.15, 0.2) is 78.9 Å². The molecule has 2 atom stereocenters. The van der Waals surface area contributed by atoms with Gasteiger partial charge in [-0.15, -0.1) is 0 Å². The van der Waals surface area contributed by atoms with Crippen molar-refractivity contribution < 1.29 is 4.74 Å². The Morgan fingerprint density at radius 2 is 1.21 bits per heavy atom. The van der Waals surface area contributed by atoms with Crippen LogP contribution in [0.1, 0.15) is 78.0 Å². The van der Waals surface area contributed by atoms with Crippen LogP contribution in [0, 0.1) is 10.8 Å². The van der Waals surface area contributed by atoms with Crippen molar-refractivity contribution in [1.29, 1.82) is 0 Å². The summed E-state index contributed by atoms with van der Waals surface area (Å²) in [7, 11) is 0. The van der Waals surface area contributed by atoms with E-state index in [1.54, 1.807) is 0 Å². The van der Waals surface area contributed by atoms with E-state index in [1.165, 1.54) is 32.7 Å². The molecule has 0 bridgehead atoms. The maximum Gasteiger partial charge on any atom is 0.122 e. The molecule has 0 heterocycles. The van der Waals surface area contributed by atoms with Crippen molar-refractivity contribution in [2.75, 3.05) is 0 Å². The molecule has 0 aliphatic carbocycles. The van der Waals surface area contributed by atoms with Gasteiger partial charge in [-0.25, -0.2) is 0 Å². The first-order valence-electron chi connectivity index (χ1n) is 12.2. The summed E-state index contributed by atoms with van der Waals surface area (Å²) in [6.07, 6.45) is 1.11. The molecule has 0 N–H and O–H groups in total. The minimum absolute atomic E-state index is 0.0557. The lowest BCUT2D eigenvalue weighted by molar-refractivity contribution is 0.225. The molecule has 33 heavy (non-hydrogen) atoms. The van der Waals surface area contributed by atoms with Crippen LogP contribution >= 0.6 is 0 Å². The molecule has 4 rings (SSSR count). The van der Waals surface area contributed by atoms with Crippen LogP contribution in [0.3, 0.4) is 0 Å². The fourth-order valence-electron chi connectivity index (χ4n) is 5.07. The van der Waals surface area contributed by atoms with Crippen LogP contribution in [-0.4, -0.2) is 0 Å². The Bertz CT molecular complexity index is 1180. The third-order valence-corrected chi connectivity index (χ3v) is 6.68. The van der Waals surface area contributed by atoms with E-state index in [0.717, 1.165) is 12.2 Å². The molecule has 172 valence electrons. The zero-order chi connectivity index (χ0) is 23.8. The van der Waals surface area contributed by atoms with Gasteiger partial charge in [0.25, 0.3) is 0 Å². The van der Waals surface area contributed by atoms with E-state index in [1.807, 2.05) is 0 Å². The lowest BCUT2D eigenvalue weighted by Gasteiger charge is -2.36. The molecule has 4 aromatic carbocycles.